The van der Waals surface area contributed by atoms with Crippen molar-refractivity contribution >= 4 is 17.8 Å². The lowest BCUT2D eigenvalue weighted by Gasteiger charge is -2.21. The van der Waals surface area contributed by atoms with Crippen molar-refractivity contribution in [1.29, 1.82) is 0 Å². The highest BCUT2D eigenvalue weighted by molar-refractivity contribution is 6.00. The zero-order valence-corrected chi connectivity index (χ0v) is 15.6. The smallest absolute Gasteiger partial charge is 0.340 e. The summed E-state index contributed by atoms with van der Waals surface area (Å²) in [6.07, 6.45) is 0.523. The van der Waals surface area contributed by atoms with Crippen LogP contribution in [0.15, 0.2) is 0 Å². The molecule has 1 aliphatic rings. The Balaban J connectivity index is 2.20. The highest BCUT2D eigenvalue weighted by Gasteiger charge is 2.27. The van der Waals surface area contributed by atoms with Gasteiger partial charge in [0, 0.05) is 38.8 Å². The topological polar surface area (TPSA) is 82.7 Å². The third-order valence-electron chi connectivity index (χ3n) is 4.43. The van der Waals surface area contributed by atoms with Crippen LogP contribution in [-0.4, -0.2) is 64.9 Å². The molecule has 0 spiro atoms. The van der Waals surface area contributed by atoms with Crippen molar-refractivity contribution in [1.82, 2.24) is 14.8 Å². The van der Waals surface area contributed by atoms with E-state index >= 15 is 0 Å². The first-order chi connectivity index (χ1) is 11.7. The average Bonchev–Trinajstić information content (AvgIpc) is 2.70. The molecule has 0 aliphatic carbocycles. The van der Waals surface area contributed by atoms with E-state index in [4.69, 9.17) is 4.74 Å². The van der Waals surface area contributed by atoms with Crippen LogP contribution in [0.2, 0.25) is 0 Å². The van der Waals surface area contributed by atoms with Gasteiger partial charge in [0.1, 0.15) is 5.69 Å². The van der Waals surface area contributed by atoms with Gasteiger partial charge in [0.2, 0.25) is 5.91 Å². The van der Waals surface area contributed by atoms with Gasteiger partial charge in [-0.15, -0.1) is 0 Å². The second-order valence-corrected chi connectivity index (χ2v) is 6.73. The number of esters is 1. The normalized spacial score (nSPS) is 15.3. The lowest BCUT2D eigenvalue weighted by atomic mass is 10.1. The Bertz CT molecular complexity index is 678. The van der Waals surface area contributed by atoms with Crippen LogP contribution in [0, 0.1) is 13.8 Å². The van der Waals surface area contributed by atoms with E-state index in [-0.39, 0.29) is 17.9 Å². The van der Waals surface area contributed by atoms with Crippen LogP contribution >= 0.6 is 0 Å². The molecule has 25 heavy (non-hydrogen) atoms. The second kappa shape index (κ2) is 7.72. The van der Waals surface area contributed by atoms with Crippen molar-refractivity contribution in [2.24, 2.45) is 0 Å². The minimum Gasteiger partial charge on any atom is -0.459 e. The summed E-state index contributed by atoms with van der Waals surface area (Å²) >= 11 is 0. The van der Waals surface area contributed by atoms with Crippen LogP contribution in [0.25, 0.3) is 0 Å². The number of amides is 2. The largest absolute Gasteiger partial charge is 0.459 e. The van der Waals surface area contributed by atoms with Crippen LogP contribution in [-0.2, 0) is 9.53 Å². The number of aromatic nitrogens is 1. The summed E-state index contributed by atoms with van der Waals surface area (Å²) in [7, 11) is 0. The van der Waals surface area contributed by atoms with E-state index in [1.54, 1.807) is 44.4 Å². The molecule has 138 valence electrons. The number of hydrogen-bond donors (Lipinski definition) is 1. The van der Waals surface area contributed by atoms with Crippen molar-refractivity contribution in [2.75, 3.05) is 26.2 Å². The van der Waals surface area contributed by atoms with E-state index in [0.717, 1.165) is 6.42 Å². The maximum Gasteiger partial charge on any atom is 0.340 e. The fraction of sp³-hybridized carbons (Fsp3) is 0.611. The molecule has 0 aromatic carbocycles. The Hall–Kier alpha value is -2.31. The third kappa shape index (κ3) is 4.21. The molecule has 2 rings (SSSR count). The number of carbonyl (C=O) groups is 3. The quantitative estimate of drug-likeness (QED) is 0.845. The van der Waals surface area contributed by atoms with Crippen molar-refractivity contribution in [3.05, 3.63) is 22.5 Å². The van der Waals surface area contributed by atoms with Gasteiger partial charge in [-0.05, 0) is 39.7 Å². The SMILES string of the molecule is CC(=O)N1CCCN(C(=O)c2[nH]c(C)c(C(=O)OC(C)C)c2C)CC1. The van der Waals surface area contributed by atoms with Gasteiger partial charge in [0.05, 0.1) is 11.7 Å². The number of aryl methyl sites for hydroxylation is 1. The summed E-state index contributed by atoms with van der Waals surface area (Å²) in [5.41, 5.74) is 2.09. The molecule has 1 aromatic heterocycles. The molecule has 1 aliphatic heterocycles. The highest BCUT2D eigenvalue weighted by Crippen LogP contribution is 2.21. The number of aromatic amines is 1. The molecule has 0 unspecified atom stereocenters. The van der Waals surface area contributed by atoms with Crippen LogP contribution < -0.4 is 0 Å². The summed E-state index contributed by atoms with van der Waals surface area (Å²) in [5.74, 6) is -0.534. The first-order valence-electron chi connectivity index (χ1n) is 8.67. The molecule has 1 fully saturated rings. The van der Waals surface area contributed by atoms with Crippen molar-refractivity contribution in [3.8, 4) is 0 Å². The maximum atomic E-state index is 12.9. The Labute approximate surface area is 148 Å². The Morgan fingerprint density at radius 1 is 1.04 bits per heavy atom. The van der Waals surface area contributed by atoms with Crippen molar-refractivity contribution < 1.29 is 19.1 Å². The maximum absolute atomic E-state index is 12.9. The predicted octanol–water partition coefficient (Wildman–Crippen LogP) is 1.89. The Morgan fingerprint density at radius 2 is 1.64 bits per heavy atom. The van der Waals surface area contributed by atoms with Gasteiger partial charge in [0.25, 0.3) is 5.91 Å². The molecular weight excluding hydrogens is 322 g/mol. The lowest BCUT2D eigenvalue weighted by Crippen LogP contribution is -2.36. The number of ether oxygens (including phenoxy) is 1. The molecule has 7 heteroatoms. The van der Waals surface area contributed by atoms with Gasteiger partial charge >= 0.3 is 5.97 Å². The molecular formula is C18H27N3O4. The van der Waals surface area contributed by atoms with Gasteiger partial charge < -0.3 is 19.5 Å². The summed E-state index contributed by atoms with van der Waals surface area (Å²) < 4.78 is 5.27. The number of carbonyl (C=O) groups excluding carboxylic acids is 3. The minimum absolute atomic E-state index is 0.0277. The molecule has 7 nitrogen and oxygen atoms in total. The fourth-order valence-electron chi connectivity index (χ4n) is 3.14. The first kappa shape index (κ1) is 19.0. The molecule has 1 aromatic rings. The predicted molar refractivity (Wildman–Crippen MR) is 93.6 cm³/mol. The summed E-state index contributed by atoms with van der Waals surface area (Å²) in [6, 6.07) is 0. The number of hydrogen-bond acceptors (Lipinski definition) is 4. The van der Waals surface area contributed by atoms with E-state index in [0.29, 0.717) is 48.7 Å². The van der Waals surface area contributed by atoms with Crippen LogP contribution in [0.3, 0.4) is 0 Å². The third-order valence-corrected chi connectivity index (χ3v) is 4.43. The summed E-state index contributed by atoms with van der Waals surface area (Å²) in [4.78, 5) is 43.2. The molecule has 0 bridgehead atoms. The van der Waals surface area contributed by atoms with E-state index < -0.39 is 5.97 Å². The minimum atomic E-state index is -0.418. The average molecular weight is 349 g/mol. The van der Waals surface area contributed by atoms with E-state index in [2.05, 4.69) is 4.98 Å². The molecule has 0 atom stereocenters. The number of H-pyrrole nitrogens is 1. The lowest BCUT2D eigenvalue weighted by molar-refractivity contribution is -0.128. The zero-order chi connectivity index (χ0) is 18.7. The number of nitrogens with zero attached hydrogens (tertiary/aromatic N) is 2. The highest BCUT2D eigenvalue weighted by atomic mass is 16.5. The van der Waals surface area contributed by atoms with E-state index in [1.807, 2.05) is 0 Å². The van der Waals surface area contributed by atoms with Gasteiger partial charge in [-0.3, -0.25) is 9.59 Å². The molecule has 0 saturated carbocycles. The van der Waals surface area contributed by atoms with Crippen molar-refractivity contribution in [3.63, 3.8) is 0 Å². The Morgan fingerprint density at radius 3 is 2.24 bits per heavy atom. The molecule has 0 radical (unpaired) electrons. The van der Waals surface area contributed by atoms with Crippen LogP contribution in [0.1, 0.15) is 59.3 Å². The van der Waals surface area contributed by atoms with Crippen molar-refractivity contribution in [2.45, 2.75) is 47.1 Å². The molecule has 2 amide bonds. The first-order valence-corrected chi connectivity index (χ1v) is 8.67. The summed E-state index contributed by atoms with van der Waals surface area (Å²) in [5, 5.41) is 0. The Kier molecular flexibility index (Phi) is 5.87. The second-order valence-electron chi connectivity index (χ2n) is 6.73. The monoisotopic (exact) mass is 349 g/mol. The van der Waals surface area contributed by atoms with Crippen LogP contribution in [0.5, 0.6) is 0 Å². The number of rotatable bonds is 3. The van der Waals surface area contributed by atoms with Gasteiger partial charge in [-0.25, -0.2) is 4.79 Å². The summed E-state index contributed by atoms with van der Waals surface area (Å²) in [6.45, 7) is 10.9. The van der Waals surface area contributed by atoms with Gasteiger partial charge in [0.15, 0.2) is 0 Å². The van der Waals surface area contributed by atoms with E-state index in [1.165, 1.54) is 0 Å². The van der Waals surface area contributed by atoms with Crippen LogP contribution in [0.4, 0.5) is 0 Å². The van der Waals surface area contributed by atoms with E-state index in [9.17, 15) is 14.4 Å². The molecule has 2 heterocycles. The standard InChI is InChI=1S/C18H27N3O4/c1-11(2)25-18(24)15-12(3)16(19-13(15)4)17(23)21-8-6-7-20(9-10-21)14(5)22/h11,19H,6-10H2,1-5H3. The van der Waals surface area contributed by atoms with Gasteiger partial charge in [-0.1, -0.05) is 0 Å². The molecule has 1 saturated heterocycles. The fourth-order valence-corrected chi connectivity index (χ4v) is 3.14. The molecule has 1 N–H and O–H groups in total. The zero-order valence-electron chi connectivity index (χ0n) is 15.6. The number of nitrogens with one attached hydrogen (secondary N) is 1. The van der Waals surface area contributed by atoms with Gasteiger partial charge in [-0.2, -0.15) is 0 Å².